The Labute approximate surface area is 184 Å². The van der Waals surface area contributed by atoms with Gasteiger partial charge in [0.05, 0.1) is 25.1 Å². The van der Waals surface area contributed by atoms with E-state index in [-0.39, 0.29) is 18.5 Å². The number of ether oxygens (including phenoxy) is 2. The van der Waals surface area contributed by atoms with Gasteiger partial charge in [0, 0.05) is 12.0 Å². The fourth-order valence-electron chi connectivity index (χ4n) is 3.74. The molecule has 1 aliphatic heterocycles. The first kappa shape index (κ1) is 22.9. The average Bonchev–Trinajstić information content (AvgIpc) is 2.66. The lowest BCUT2D eigenvalue weighted by atomic mass is 9.89. The van der Waals surface area contributed by atoms with Gasteiger partial charge in [0.1, 0.15) is 23.6 Å². The maximum absolute atomic E-state index is 13.0. The van der Waals surface area contributed by atoms with Crippen LogP contribution in [-0.4, -0.2) is 39.8 Å². The minimum absolute atomic E-state index is 0.307. The second-order valence-corrected chi connectivity index (χ2v) is 10.5. The molecule has 0 spiro atoms. The largest absolute Gasteiger partial charge is 0.497 e. The summed E-state index contributed by atoms with van der Waals surface area (Å²) in [5.74, 6) is 0.950. The molecule has 1 heterocycles. The zero-order valence-electron chi connectivity index (χ0n) is 18.9. The van der Waals surface area contributed by atoms with Crippen LogP contribution in [0.15, 0.2) is 36.4 Å². The molecule has 1 aliphatic rings. The molecular formula is C23H30N2O5S. The topological polar surface area (TPSA) is 84.9 Å². The van der Waals surface area contributed by atoms with Gasteiger partial charge < -0.3 is 14.8 Å². The molecule has 1 atom stereocenters. The van der Waals surface area contributed by atoms with Crippen LogP contribution in [0, 0.1) is 13.8 Å². The molecule has 0 saturated heterocycles. The molecule has 2 aromatic carbocycles. The van der Waals surface area contributed by atoms with E-state index in [1.165, 1.54) is 0 Å². The van der Waals surface area contributed by atoms with Crippen LogP contribution in [0.25, 0.3) is 0 Å². The van der Waals surface area contributed by atoms with Gasteiger partial charge in [-0.15, -0.1) is 0 Å². The number of aryl methyl sites for hydroxylation is 2. The van der Waals surface area contributed by atoms with Crippen LogP contribution in [-0.2, 0) is 14.8 Å². The van der Waals surface area contributed by atoms with Crippen LogP contribution in [0.5, 0.6) is 11.5 Å². The van der Waals surface area contributed by atoms with Crippen molar-refractivity contribution in [1.82, 2.24) is 5.32 Å². The predicted molar refractivity (Wildman–Crippen MR) is 121 cm³/mol. The monoisotopic (exact) mass is 446 g/mol. The zero-order chi connectivity index (χ0) is 23.0. The molecule has 0 aromatic heterocycles. The van der Waals surface area contributed by atoms with E-state index in [4.69, 9.17) is 9.47 Å². The van der Waals surface area contributed by atoms with Crippen molar-refractivity contribution in [2.45, 2.75) is 45.8 Å². The average molecular weight is 447 g/mol. The first-order valence-electron chi connectivity index (χ1n) is 10.1. The number of carbonyl (C=O) groups excluding carboxylic acids is 1. The van der Waals surface area contributed by atoms with Crippen molar-refractivity contribution in [3.8, 4) is 11.5 Å². The van der Waals surface area contributed by atoms with E-state index in [0.717, 1.165) is 27.3 Å². The lowest BCUT2D eigenvalue weighted by molar-refractivity contribution is -0.120. The third-order valence-electron chi connectivity index (χ3n) is 5.48. The second-order valence-electron chi connectivity index (χ2n) is 8.63. The van der Waals surface area contributed by atoms with Crippen LogP contribution in [0.4, 0.5) is 5.69 Å². The highest BCUT2D eigenvalue weighted by molar-refractivity contribution is 7.92. The third kappa shape index (κ3) is 5.31. The van der Waals surface area contributed by atoms with Gasteiger partial charge in [-0.3, -0.25) is 9.10 Å². The quantitative estimate of drug-likeness (QED) is 0.734. The van der Waals surface area contributed by atoms with Crippen molar-refractivity contribution in [3.63, 3.8) is 0 Å². The van der Waals surface area contributed by atoms with Gasteiger partial charge in [0.2, 0.25) is 15.9 Å². The second kappa shape index (κ2) is 8.42. The Balaban J connectivity index is 1.86. The Morgan fingerprint density at radius 1 is 1.19 bits per heavy atom. The van der Waals surface area contributed by atoms with Crippen LogP contribution in [0.2, 0.25) is 0 Å². The molecular weight excluding hydrogens is 416 g/mol. The fraction of sp³-hybridized carbons (Fsp3) is 0.435. The minimum Gasteiger partial charge on any atom is -0.497 e. The highest BCUT2D eigenvalue weighted by Crippen LogP contribution is 2.41. The van der Waals surface area contributed by atoms with Crippen LogP contribution >= 0.6 is 0 Å². The summed E-state index contributed by atoms with van der Waals surface area (Å²) in [6.45, 7) is 7.47. The fourth-order valence-corrected chi connectivity index (χ4v) is 4.59. The number of methoxy groups -OCH3 is 1. The summed E-state index contributed by atoms with van der Waals surface area (Å²) in [4.78, 5) is 13.0. The van der Waals surface area contributed by atoms with E-state index < -0.39 is 15.6 Å². The molecule has 1 amide bonds. The lowest BCUT2D eigenvalue weighted by Crippen LogP contribution is -2.45. The number of hydrogen-bond donors (Lipinski definition) is 1. The number of sulfonamides is 1. The Bertz CT molecular complexity index is 1100. The molecule has 168 valence electrons. The first-order chi connectivity index (χ1) is 14.4. The number of fused-ring (bicyclic) bond motifs is 1. The van der Waals surface area contributed by atoms with Crippen LogP contribution in [0.3, 0.4) is 0 Å². The number of anilines is 1. The molecule has 8 heteroatoms. The normalized spacial score (nSPS) is 17.3. The van der Waals surface area contributed by atoms with Gasteiger partial charge in [-0.1, -0.05) is 6.07 Å². The van der Waals surface area contributed by atoms with Gasteiger partial charge in [-0.05, 0) is 69.2 Å². The maximum Gasteiger partial charge on any atom is 0.241 e. The molecule has 1 N–H and O–H groups in total. The molecule has 3 rings (SSSR count). The van der Waals surface area contributed by atoms with Crippen LogP contribution < -0.4 is 19.1 Å². The minimum atomic E-state index is -3.65. The lowest BCUT2D eigenvalue weighted by Gasteiger charge is -2.38. The van der Waals surface area contributed by atoms with Crippen molar-refractivity contribution in [2.24, 2.45) is 0 Å². The number of hydrogen-bond acceptors (Lipinski definition) is 5. The summed E-state index contributed by atoms with van der Waals surface area (Å²) >= 11 is 0. The van der Waals surface area contributed by atoms with Gasteiger partial charge in [-0.25, -0.2) is 8.42 Å². The van der Waals surface area contributed by atoms with Crippen molar-refractivity contribution >= 4 is 21.6 Å². The van der Waals surface area contributed by atoms with Gasteiger partial charge in [0.25, 0.3) is 0 Å². The smallest absolute Gasteiger partial charge is 0.241 e. The van der Waals surface area contributed by atoms with E-state index in [9.17, 15) is 13.2 Å². The molecule has 0 saturated carbocycles. The summed E-state index contributed by atoms with van der Waals surface area (Å²) in [6.07, 6.45) is 1.65. The number of carbonyl (C=O) groups is 1. The molecule has 0 bridgehead atoms. The first-order valence-corrected chi connectivity index (χ1v) is 12.0. The Morgan fingerprint density at radius 2 is 1.90 bits per heavy atom. The number of nitrogens with zero attached hydrogens (tertiary/aromatic N) is 1. The van der Waals surface area contributed by atoms with E-state index in [1.54, 1.807) is 19.2 Å². The number of amides is 1. The Morgan fingerprint density at radius 3 is 2.52 bits per heavy atom. The summed E-state index contributed by atoms with van der Waals surface area (Å²) in [6, 6.07) is 10.5. The summed E-state index contributed by atoms with van der Waals surface area (Å²) in [5.41, 5.74) is 2.80. The highest BCUT2D eigenvalue weighted by Gasteiger charge is 2.35. The molecule has 0 aliphatic carbocycles. The summed E-state index contributed by atoms with van der Waals surface area (Å²) < 4.78 is 37.4. The molecule has 0 fully saturated rings. The molecule has 31 heavy (non-hydrogen) atoms. The van der Waals surface area contributed by atoms with Gasteiger partial charge in [-0.2, -0.15) is 0 Å². The zero-order valence-corrected chi connectivity index (χ0v) is 19.7. The van der Waals surface area contributed by atoms with Gasteiger partial charge >= 0.3 is 0 Å². The van der Waals surface area contributed by atoms with E-state index in [1.807, 2.05) is 52.0 Å². The van der Waals surface area contributed by atoms with Gasteiger partial charge in [0.15, 0.2) is 0 Å². The van der Waals surface area contributed by atoms with E-state index in [2.05, 4.69) is 5.32 Å². The Hall–Kier alpha value is -2.74. The highest BCUT2D eigenvalue weighted by atomic mass is 32.2. The number of rotatable bonds is 6. The number of nitrogens with one attached hydrogen (secondary N) is 1. The van der Waals surface area contributed by atoms with Crippen molar-refractivity contribution in [2.75, 3.05) is 24.2 Å². The van der Waals surface area contributed by atoms with Crippen molar-refractivity contribution < 1.29 is 22.7 Å². The van der Waals surface area contributed by atoms with Crippen LogP contribution in [0.1, 0.15) is 43.0 Å². The maximum atomic E-state index is 13.0. The SMILES string of the molecule is COc1ccc2c(c1)[C@H](NC(=O)CN(c1ccc(C)c(C)c1)S(C)(=O)=O)CC(C)(C)O2. The summed E-state index contributed by atoms with van der Waals surface area (Å²) in [5, 5.41) is 3.00. The molecule has 7 nitrogen and oxygen atoms in total. The predicted octanol–water partition coefficient (Wildman–Crippen LogP) is 3.50. The van der Waals surface area contributed by atoms with Crippen molar-refractivity contribution in [1.29, 1.82) is 0 Å². The molecule has 2 aromatic rings. The Kier molecular flexibility index (Phi) is 6.23. The van der Waals surface area contributed by atoms with Crippen molar-refractivity contribution in [3.05, 3.63) is 53.1 Å². The molecule has 0 radical (unpaired) electrons. The third-order valence-corrected chi connectivity index (χ3v) is 6.62. The molecule has 0 unspecified atom stereocenters. The standard InChI is InChI=1S/C23H30N2O5S/c1-15-7-8-17(11-16(15)2)25(31(6,27)28)14-22(26)24-20-13-23(3,4)30-21-10-9-18(29-5)12-19(20)21/h7-12,20H,13-14H2,1-6H3,(H,24,26)/t20-/m1/s1. The van der Waals surface area contributed by atoms with E-state index in [0.29, 0.717) is 23.6 Å². The number of benzene rings is 2. The van der Waals surface area contributed by atoms with E-state index >= 15 is 0 Å². The summed E-state index contributed by atoms with van der Waals surface area (Å²) in [7, 11) is -2.07.